The second-order valence-electron chi connectivity index (χ2n) is 5.22. The molecule has 0 spiro atoms. The Morgan fingerprint density at radius 1 is 1.25 bits per heavy atom. The summed E-state index contributed by atoms with van der Waals surface area (Å²) in [6.45, 7) is 1.98. The summed E-state index contributed by atoms with van der Waals surface area (Å²) in [6, 6.07) is 12.1. The molecular formula is C16H19N3O. The summed E-state index contributed by atoms with van der Waals surface area (Å²) in [5, 5.41) is 0. The van der Waals surface area contributed by atoms with Crippen LogP contribution in [0.3, 0.4) is 0 Å². The van der Waals surface area contributed by atoms with Crippen molar-refractivity contribution in [2.75, 3.05) is 0 Å². The first-order valence-corrected chi connectivity index (χ1v) is 6.91. The summed E-state index contributed by atoms with van der Waals surface area (Å²) in [4.78, 5) is 4.22. The number of rotatable bonds is 5. The van der Waals surface area contributed by atoms with Gasteiger partial charge < -0.3 is 4.74 Å². The number of nitrogens with one attached hydrogen (secondary N) is 1. The maximum atomic E-state index is 5.84. The van der Waals surface area contributed by atoms with Gasteiger partial charge in [0.1, 0.15) is 5.75 Å². The van der Waals surface area contributed by atoms with E-state index in [0.717, 1.165) is 35.4 Å². The van der Waals surface area contributed by atoms with Gasteiger partial charge in [0.15, 0.2) is 0 Å². The summed E-state index contributed by atoms with van der Waals surface area (Å²) in [5.74, 6) is 6.65. The Hall–Kier alpha value is -1.91. The van der Waals surface area contributed by atoms with Crippen LogP contribution in [0, 0.1) is 6.92 Å². The van der Waals surface area contributed by atoms with Crippen LogP contribution in [0.25, 0.3) is 0 Å². The summed E-state index contributed by atoms with van der Waals surface area (Å²) < 4.78 is 5.84. The van der Waals surface area contributed by atoms with Gasteiger partial charge in [-0.05, 0) is 55.2 Å². The molecule has 1 atom stereocenters. The number of aryl methyl sites for hydroxylation is 1. The normalized spacial score (nSPS) is 15.9. The molecule has 3 rings (SSSR count). The van der Waals surface area contributed by atoms with Gasteiger partial charge in [-0.1, -0.05) is 12.1 Å². The lowest BCUT2D eigenvalue weighted by molar-refractivity contribution is 0.302. The van der Waals surface area contributed by atoms with Crippen LogP contribution in [0.15, 0.2) is 42.6 Å². The molecule has 1 aliphatic rings. The first kappa shape index (κ1) is 13.1. The van der Waals surface area contributed by atoms with Crippen molar-refractivity contribution in [3.8, 4) is 5.75 Å². The van der Waals surface area contributed by atoms with Gasteiger partial charge >= 0.3 is 0 Å². The van der Waals surface area contributed by atoms with Gasteiger partial charge in [-0.15, -0.1) is 0 Å². The highest BCUT2D eigenvalue weighted by Crippen LogP contribution is 2.29. The fraction of sp³-hybridized carbons (Fsp3) is 0.312. The fourth-order valence-corrected chi connectivity index (χ4v) is 2.28. The molecule has 4 heteroatoms. The summed E-state index contributed by atoms with van der Waals surface area (Å²) in [6.07, 6.45) is 4.52. The highest BCUT2D eigenvalue weighted by Gasteiger charge is 2.23. The molecule has 0 amide bonds. The zero-order valence-corrected chi connectivity index (χ0v) is 11.5. The molecule has 1 aromatic carbocycles. The molecule has 1 saturated carbocycles. The number of benzene rings is 1. The molecular weight excluding hydrogens is 250 g/mol. The topological polar surface area (TPSA) is 60.2 Å². The molecule has 104 valence electrons. The van der Waals surface area contributed by atoms with Gasteiger partial charge in [0, 0.05) is 11.9 Å². The first-order chi connectivity index (χ1) is 9.76. The predicted molar refractivity (Wildman–Crippen MR) is 78.2 cm³/mol. The van der Waals surface area contributed by atoms with E-state index in [4.69, 9.17) is 10.6 Å². The number of ether oxygens (including phenoxy) is 1. The Morgan fingerprint density at radius 3 is 2.75 bits per heavy atom. The van der Waals surface area contributed by atoms with Crippen molar-refractivity contribution >= 4 is 0 Å². The molecule has 0 bridgehead atoms. The van der Waals surface area contributed by atoms with E-state index in [-0.39, 0.29) is 6.04 Å². The molecule has 1 aliphatic carbocycles. The average Bonchev–Trinajstić information content (AvgIpc) is 3.24. The molecule has 1 fully saturated rings. The standard InChI is InChI=1S/C16H19N3O/c1-11-9-13(7-8-18-11)16(19-17)12-3-2-4-15(10-12)20-14-5-6-14/h2-4,7-10,14,16,19H,5-6,17H2,1H3. The van der Waals surface area contributed by atoms with Gasteiger partial charge in [-0.3, -0.25) is 10.8 Å². The second-order valence-corrected chi connectivity index (χ2v) is 5.22. The van der Waals surface area contributed by atoms with E-state index >= 15 is 0 Å². The van der Waals surface area contributed by atoms with Gasteiger partial charge in [-0.25, -0.2) is 5.43 Å². The van der Waals surface area contributed by atoms with Gasteiger partial charge in [0.05, 0.1) is 12.1 Å². The quantitative estimate of drug-likeness (QED) is 0.646. The molecule has 1 unspecified atom stereocenters. The molecule has 0 aliphatic heterocycles. The molecule has 1 heterocycles. The monoisotopic (exact) mass is 269 g/mol. The number of nitrogens with zero attached hydrogens (tertiary/aromatic N) is 1. The summed E-state index contributed by atoms with van der Waals surface area (Å²) >= 11 is 0. The zero-order valence-electron chi connectivity index (χ0n) is 11.5. The molecule has 0 saturated heterocycles. The van der Waals surface area contributed by atoms with Gasteiger partial charge in [0.25, 0.3) is 0 Å². The number of hydrazine groups is 1. The van der Waals surface area contributed by atoms with Crippen LogP contribution < -0.4 is 16.0 Å². The van der Waals surface area contributed by atoms with E-state index in [1.165, 1.54) is 0 Å². The molecule has 0 radical (unpaired) electrons. The summed E-state index contributed by atoms with van der Waals surface area (Å²) in [7, 11) is 0. The first-order valence-electron chi connectivity index (χ1n) is 6.91. The largest absolute Gasteiger partial charge is 0.490 e. The van der Waals surface area contributed by atoms with E-state index in [9.17, 15) is 0 Å². The minimum absolute atomic E-state index is 0.0561. The number of hydrogen-bond donors (Lipinski definition) is 2. The summed E-state index contributed by atoms with van der Waals surface area (Å²) in [5.41, 5.74) is 6.05. The van der Waals surface area contributed by atoms with Gasteiger partial charge in [0.2, 0.25) is 0 Å². The smallest absolute Gasteiger partial charge is 0.120 e. The second kappa shape index (κ2) is 5.61. The third-order valence-electron chi connectivity index (χ3n) is 3.44. The number of pyridine rings is 1. The van der Waals surface area contributed by atoms with Crippen molar-refractivity contribution in [1.29, 1.82) is 0 Å². The van der Waals surface area contributed by atoms with Crippen LogP contribution >= 0.6 is 0 Å². The van der Waals surface area contributed by atoms with Crippen LogP contribution in [-0.2, 0) is 0 Å². The van der Waals surface area contributed by atoms with E-state index < -0.39 is 0 Å². The molecule has 3 N–H and O–H groups in total. The highest BCUT2D eigenvalue weighted by atomic mass is 16.5. The minimum atomic E-state index is -0.0561. The van der Waals surface area contributed by atoms with Crippen LogP contribution in [0.2, 0.25) is 0 Å². The van der Waals surface area contributed by atoms with Crippen LogP contribution in [-0.4, -0.2) is 11.1 Å². The Bertz CT molecular complexity index is 596. The SMILES string of the molecule is Cc1cc(C(NN)c2cccc(OC3CC3)c2)ccn1. The average molecular weight is 269 g/mol. The molecule has 1 aromatic heterocycles. The van der Waals surface area contributed by atoms with Crippen molar-refractivity contribution in [3.05, 3.63) is 59.4 Å². The van der Waals surface area contributed by atoms with Crippen LogP contribution in [0.4, 0.5) is 0 Å². The fourth-order valence-electron chi connectivity index (χ4n) is 2.28. The van der Waals surface area contributed by atoms with Crippen molar-refractivity contribution in [2.45, 2.75) is 31.9 Å². The Balaban J connectivity index is 1.88. The van der Waals surface area contributed by atoms with E-state index in [0.29, 0.717) is 6.10 Å². The van der Waals surface area contributed by atoms with Crippen molar-refractivity contribution in [1.82, 2.24) is 10.4 Å². The maximum Gasteiger partial charge on any atom is 0.120 e. The van der Waals surface area contributed by atoms with Crippen molar-refractivity contribution in [2.24, 2.45) is 5.84 Å². The van der Waals surface area contributed by atoms with Crippen LogP contribution in [0.1, 0.15) is 35.7 Å². The van der Waals surface area contributed by atoms with E-state index in [2.05, 4.69) is 22.5 Å². The number of nitrogens with two attached hydrogens (primary N) is 1. The predicted octanol–water partition coefficient (Wildman–Crippen LogP) is 2.48. The number of aromatic nitrogens is 1. The maximum absolute atomic E-state index is 5.84. The number of hydrogen-bond acceptors (Lipinski definition) is 4. The Kier molecular flexibility index (Phi) is 3.67. The Morgan fingerprint density at radius 2 is 2.05 bits per heavy atom. The van der Waals surface area contributed by atoms with Crippen molar-refractivity contribution < 1.29 is 4.74 Å². The van der Waals surface area contributed by atoms with Gasteiger partial charge in [-0.2, -0.15) is 0 Å². The lowest BCUT2D eigenvalue weighted by atomic mass is 9.99. The molecule has 2 aromatic rings. The van der Waals surface area contributed by atoms with Crippen molar-refractivity contribution in [3.63, 3.8) is 0 Å². The van der Waals surface area contributed by atoms with Crippen LogP contribution in [0.5, 0.6) is 5.75 Å². The Labute approximate surface area is 119 Å². The molecule has 20 heavy (non-hydrogen) atoms. The zero-order chi connectivity index (χ0) is 13.9. The lowest BCUT2D eigenvalue weighted by Gasteiger charge is -2.18. The third-order valence-corrected chi connectivity index (χ3v) is 3.44. The van der Waals surface area contributed by atoms with E-state index in [1.807, 2.05) is 31.2 Å². The highest BCUT2D eigenvalue weighted by molar-refractivity contribution is 5.36. The molecule has 4 nitrogen and oxygen atoms in total. The lowest BCUT2D eigenvalue weighted by Crippen LogP contribution is -2.29. The van der Waals surface area contributed by atoms with E-state index in [1.54, 1.807) is 6.20 Å². The minimum Gasteiger partial charge on any atom is -0.490 e. The third kappa shape index (κ3) is 2.98.